The molecule has 1 heterocycles. The number of halogens is 2. The second-order valence-corrected chi connectivity index (χ2v) is 4.35. The van der Waals surface area contributed by atoms with E-state index >= 15 is 0 Å². The summed E-state index contributed by atoms with van der Waals surface area (Å²) in [4.78, 5) is 0. The van der Waals surface area contributed by atoms with Crippen molar-refractivity contribution in [3.63, 3.8) is 0 Å². The highest BCUT2D eigenvalue weighted by Gasteiger charge is 2.13. The number of nitrogens with zero attached hydrogens (tertiary/aromatic N) is 1. The molecular formula is C10H9BrClNO. The van der Waals surface area contributed by atoms with Crippen molar-refractivity contribution in [2.75, 3.05) is 0 Å². The Labute approximate surface area is 95.2 Å². The van der Waals surface area contributed by atoms with E-state index in [4.69, 9.17) is 11.6 Å². The van der Waals surface area contributed by atoms with E-state index in [-0.39, 0.29) is 6.61 Å². The van der Waals surface area contributed by atoms with E-state index in [1.807, 2.05) is 29.8 Å². The molecule has 0 fully saturated rings. The Morgan fingerprint density at radius 3 is 2.79 bits per heavy atom. The van der Waals surface area contributed by atoms with Crippen LogP contribution in [0.1, 0.15) is 5.69 Å². The minimum atomic E-state index is -0.0452. The molecule has 1 N–H and O–H groups in total. The SMILES string of the molecule is Cn1c(CO)c(Cl)c2cccc(Br)c21. The number of aromatic nitrogens is 1. The molecular weight excluding hydrogens is 265 g/mol. The predicted molar refractivity (Wildman–Crippen MR) is 61.6 cm³/mol. The summed E-state index contributed by atoms with van der Waals surface area (Å²) in [6.45, 7) is -0.0452. The zero-order valence-electron chi connectivity index (χ0n) is 7.59. The van der Waals surface area contributed by atoms with Gasteiger partial charge >= 0.3 is 0 Å². The average Bonchev–Trinajstić information content (AvgIpc) is 2.41. The molecule has 0 radical (unpaired) electrons. The Bertz CT molecular complexity index is 492. The number of benzene rings is 1. The van der Waals surface area contributed by atoms with Gasteiger partial charge in [-0.2, -0.15) is 0 Å². The monoisotopic (exact) mass is 273 g/mol. The Balaban J connectivity index is 2.94. The van der Waals surface area contributed by atoms with Crippen molar-refractivity contribution >= 4 is 38.4 Å². The standard InChI is InChI=1S/C10H9BrClNO/c1-13-8(5-14)9(12)6-3-2-4-7(11)10(6)13/h2-4,14H,5H2,1H3. The summed E-state index contributed by atoms with van der Waals surface area (Å²) in [5, 5.41) is 10.8. The highest BCUT2D eigenvalue weighted by atomic mass is 79.9. The third-order valence-corrected chi connectivity index (χ3v) is 3.43. The third kappa shape index (κ3) is 1.28. The Hall–Kier alpha value is -0.510. The van der Waals surface area contributed by atoms with Crippen molar-refractivity contribution in [3.05, 3.63) is 33.4 Å². The van der Waals surface area contributed by atoms with E-state index in [1.54, 1.807) is 0 Å². The first-order chi connectivity index (χ1) is 6.66. The van der Waals surface area contributed by atoms with Crippen LogP contribution in [0.5, 0.6) is 0 Å². The summed E-state index contributed by atoms with van der Waals surface area (Å²) in [5.74, 6) is 0. The second-order valence-electron chi connectivity index (χ2n) is 3.11. The van der Waals surface area contributed by atoms with Crippen LogP contribution in [0, 0.1) is 0 Å². The summed E-state index contributed by atoms with van der Waals surface area (Å²) in [5.41, 5.74) is 1.76. The van der Waals surface area contributed by atoms with Gasteiger partial charge in [0.15, 0.2) is 0 Å². The maximum absolute atomic E-state index is 9.17. The lowest BCUT2D eigenvalue weighted by molar-refractivity contribution is 0.273. The van der Waals surface area contributed by atoms with Crippen LogP contribution >= 0.6 is 27.5 Å². The molecule has 0 aliphatic carbocycles. The number of fused-ring (bicyclic) bond motifs is 1. The number of para-hydroxylation sites is 1. The van der Waals surface area contributed by atoms with Gasteiger partial charge in [-0.3, -0.25) is 0 Å². The summed E-state index contributed by atoms with van der Waals surface area (Å²) < 4.78 is 2.89. The topological polar surface area (TPSA) is 25.2 Å². The zero-order chi connectivity index (χ0) is 10.3. The van der Waals surface area contributed by atoms with Gasteiger partial charge in [0, 0.05) is 16.9 Å². The maximum atomic E-state index is 9.17. The van der Waals surface area contributed by atoms with Crippen LogP contribution < -0.4 is 0 Å². The largest absolute Gasteiger partial charge is 0.390 e. The van der Waals surface area contributed by atoms with Gasteiger partial charge in [-0.05, 0) is 22.0 Å². The molecule has 0 aliphatic rings. The first kappa shape index (κ1) is 10.0. The van der Waals surface area contributed by atoms with Gasteiger partial charge in [0.2, 0.25) is 0 Å². The van der Waals surface area contributed by atoms with E-state index < -0.39 is 0 Å². The van der Waals surface area contributed by atoms with Gasteiger partial charge in [0.1, 0.15) is 0 Å². The highest BCUT2D eigenvalue weighted by molar-refractivity contribution is 9.10. The van der Waals surface area contributed by atoms with Gasteiger partial charge in [-0.25, -0.2) is 0 Å². The van der Waals surface area contributed by atoms with Gasteiger partial charge in [0.05, 0.1) is 22.8 Å². The molecule has 2 nitrogen and oxygen atoms in total. The fraction of sp³-hybridized carbons (Fsp3) is 0.200. The van der Waals surface area contributed by atoms with E-state index in [0.29, 0.717) is 5.02 Å². The molecule has 0 spiro atoms. The maximum Gasteiger partial charge on any atom is 0.0848 e. The zero-order valence-corrected chi connectivity index (χ0v) is 9.93. The first-order valence-electron chi connectivity index (χ1n) is 4.19. The molecule has 0 bridgehead atoms. The lowest BCUT2D eigenvalue weighted by atomic mass is 10.2. The molecule has 2 rings (SSSR count). The molecule has 0 unspecified atom stereocenters. The Morgan fingerprint density at radius 2 is 2.21 bits per heavy atom. The summed E-state index contributed by atoms with van der Waals surface area (Å²) in [6.07, 6.45) is 0. The smallest absolute Gasteiger partial charge is 0.0848 e. The van der Waals surface area contributed by atoms with Crippen LogP contribution in [-0.4, -0.2) is 9.67 Å². The van der Waals surface area contributed by atoms with Crippen molar-refractivity contribution < 1.29 is 5.11 Å². The van der Waals surface area contributed by atoms with Gasteiger partial charge in [-0.15, -0.1) is 0 Å². The minimum absolute atomic E-state index is 0.0452. The molecule has 1 aromatic carbocycles. The quantitative estimate of drug-likeness (QED) is 0.849. The van der Waals surface area contributed by atoms with E-state index in [1.165, 1.54) is 0 Å². The molecule has 2 aromatic rings. The number of aliphatic hydroxyl groups is 1. The molecule has 0 aliphatic heterocycles. The first-order valence-corrected chi connectivity index (χ1v) is 5.36. The lowest BCUT2D eigenvalue weighted by Crippen LogP contribution is -1.95. The summed E-state index contributed by atoms with van der Waals surface area (Å²) in [7, 11) is 1.89. The van der Waals surface area contributed by atoms with Crippen molar-refractivity contribution in [2.45, 2.75) is 6.61 Å². The van der Waals surface area contributed by atoms with Crippen LogP contribution in [0.3, 0.4) is 0 Å². The fourth-order valence-electron chi connectivity index (χ4n) is 1.65. The van der Waals surface area contributed by atoms with Gasteiger partial charge < -0.3 is 9.67 Å². The number of aliphatic hydroxyl groups excluding tert-OH is 1. The van der Waals surface area contributed by atoms with Crippen LogP contribution in [0.2, 0.25) is 5.02 Å². The van der Waals surface area contributed by atoms with E-state index in [0.717, 1.165) is 21.1 Å². The van der Waals surface area contributed by atoms with E-state index in [2.05, 4.69) is 15.9 Å². The number of aryl methyl sites for hydroxylation is 1. The summed E-state index contributed by atoms with van der Waals surface area (Å²) >= 11 is 9.60. The van der Waals surface area contributed by atoms with Crippen molar-refractivity contribution in [3.8, 4) is 0 Å². The van der Waals surface area contributed by atoms with Crippen LogP contribution in [-0.2, 0) is 13.7 Å². The van der Waals surface area contributed by atoms with Gasteiger partial charge in [0.25, 0.3) is 0 Å². The minimum Gasteiger partial charge on any atom is -0.390 e. The Morgan fingerprint density at radius 1 is 1.50 bits per heavy atom. The van der Waals surface area contributed by atoms with Crippen molar-refractivity contribution in [1.29, 1.82) is 0 Å². The summed E-state index contributed by atoms with van der Waals surface area (Å²) in [6, 6.07) is 5.83. The van der Waals surface area contributed by atoms with E-state index in [9.17, 15) is 5.11 Å². The van der Waals surface area contributed by atoms with Crippen LogP contribution in [0.4, 0.5) is 0 Å². The molecule has 74 valence electrons. The number of rotatable bonds is 1. The number of hydrogen-bond acceptors (Lipinski definition) is 1. The molecule has 0 saturated carbocycles. The number of hydrogen-bond donors (Lipinski definition) is 1. The molecule has 14 heavy (non-hydrogen) atoms. The molecule has 0 amide bonds. The van der Waals surface area contributed by atoms with Crippen LogP contribution in [0.15, 0.2) is 22.7 Å². The normalized spacial score (nSPS) is 11.1. The lowest BCUT2D eigenvalue weighted by Gasteiger charge is -2.01. The van der Waals surface area contributed by atoms with Crippen molar-refractivity contribution in [1.82, 2.24) is 4.57 Å². The fourth-order valence-corrected chi connectivity index (χ4v) is 2.62. The molecule has 1 aromatic heterocycles. The average molecular weight is 275 g/mol. The highest BCUT2D eigenvalue weighted by Crippen LogP contribution is 2.33. The predicted octanol–water partition coefficient (Wildman–Crippen LogP) is 3.09. The second kappa shape index (κ2) is 3.57. The molecule has 4 heteroatoms. The third-order valence-electron chi connectivity index (χ3n) is 2.37. The Kier molecular flexibility index (Phi) is 2.56. The van der Waals surface area contributed by atoms with Crippen molar-refractivity contribution in [2.24, 2.45) is 7.05 Å². The van der Waals surface area contributed by atoms with Gasteiger partial charge in [-0.1, -0.05) is 23.7 Å². The van der Waals surface area contributed by atoms with Crippen LogP contribution in [0.25, 0.3) is 10.9 Å². The molecule has 0 atom stereocenters. The molecule has 0 saturated heterocycles.